The van der Waals surface area contributed by atoms with E-state index < -0.39 is 7.12 Å². The zero-order chi connectivity index (χ0) is 11.0. The summed E-state index contributed by atoms with van der Waals surface area (Å²) in [6.07, 6.45) is 0. The Bertz CT molecular complexity index is 506. The highest BCUT2D eigenvalue weighted by atomic mass is 16.6. The third-order valence-electron chi connectivity index (χ3n) is 2.59. The van der Waals surface area contributed by atoms with Gasteiger partial charge in [-0.05, 0) is 25.1 Å². The molecule has 4 heteroatoms. The molecule has 0 atom stereocenters. The van der Waals surface area contributed by atoms with Crippen molar-refractivity contribution in [1.29, 1.82) is 0 Å². The van der Waals surface area contributed by atoms with Gasteiger partial charge in [0.1, 0.15) is 11.4 Å². The van der Waals surface area contributed by atoms with Crippen LogP contribution < -0.4 is 10.3 Å². The van der Waals surface area contributed by atoms with Crippen LogP contribution in [0.15, 0.2) is 40.8 Å². The zero-order valence-electron chi connectivity index (χ0n) is 8.97. The number of hydrogen-bond acceptors (Lipinski definition) is 3. The molecular weight excluding hydrogens is 203 g/mol. The van der Waals surface area contributed by atoms with E-state index in [1.54, 1.807) is 0 Å². The molecule has 2 heterocycles. The van der Waals surface area contributed by atoms with Crippen LogP contribution in [0.4, 0.5) is 0 Å². The maximum absolute atomic E-state index is 5.72. The van der Waals surface area contributed by atoms with E-state index in [0.29, 0.717) is 12.3 Å². The number of furan rings is 1. The Balaban J connectivity index is 1.88. The van der Waals surface area contributed by atoms with Gasteiger partial charge in [-0.2, -0.15) is 0 Å². The SMILES string of the molecule is Cc1ccc(B2OCc3ccccc3O2)o1. The molecule has 2 aromatic rings. The van der Waals surface area contributed by atoms with Crippen LogP contribution in [0.25, 0.3) is 0 Å². The topological polar surface area (TPSA) is 31.6 Å². The van der Waals surface area contributed by atoms with Crippen molar-refractivity contribution in [1.82, 2.24) is 0 Å². The molecule has 1 aliphatic heterocycles. The molecule has 0 bridgehead atoms. The van der Waals surface area contributed by atoms with Crippen LogP contribution in [0.5, 0.6) is 5.75 Å². The Labute approximate surface area is 94.1 Å². The lowest BCUT2D eigenvalue weighted by atomic mass is 9.84. The van der Waals surface area contributed by atoms with Crippen molar-refractivity contribution in [3.63, 3.8) is 0 Å². The van der Waals surface area contributed by atoms with Crippen molar-refractivity contribution in [2.24, 2.45) is 0 Å². The summed E-state index contributed by atoms with van der Waals surface area (Å²) in [6, 6.07) is 11.7. The number of para-hydroxylation sites is 1. The minimum absolute atomic E-state index is 0.427. The van der Waals surface area contributed by atoms with Crippen molar-refractivity contribution in [3.05, 3.63) is 47.7 Å². The van der Waals surface area contributed by atoms with Gasteiger partial charge in [-0.15, -0.1) is 0 Å². The van der Waals surface area contributed by atoms with Gasteiger partial charge in [0, 0.05) is 5.56 Å². The van der Waals surface area contributed by atoms with Crippen LogP contribution in [0.2, 0.25) is 0 Å². The highest BCUT2D eigenvalue weighted by Crippen LogP contribution is 2.24. The predicted octanol–water partition coefficient (Wildman–Crippen LogP) is 1.89. The molecule has 80 valence electrons. The van der Waals surface area contributed by atoms with Gasteiger partial charge in [0.05, 0.1) is 12.4 Å². The van der Waals surface area contributed by atoms with Gasteiger partial charge in [-0.3, -0.25) is 0 Å². The molecule has 1 aliphatic rings. The van der Waals surface area contributed by atoms with Gasteiger partial charge in [-0.25, -0.2) is 0 Å². The second-order valence-corrected chi connectivity index (χ2v) is 3.82. The molecule has 0 radical (unpaired) electrons. The lowest BCUT2D eigenvalue weighted by Crippen LogP contribution is -2.41. The van der Waals surface area contributed by atoms with Gasteiger partial charge in [0.2, 0.25) is 0 Å². The molecule has 0 saturated carbocycles. The Kier molecular flexibility index (Phi) is 2.22. The number of fused-ring (bicyclic) bond motifs is 1. The van der Waals surface area contributed by atoms with Crippen molar-refractivity contribution in [2.45, 2.75) is 13.5 Å². The summed E-state index contributed by atoms with van der Waals surface area (Å²) in [5.74, 6) is 1.73. The van der Waals surface area contributed by atoms with Gasteiger partial charge >= 0.3 is 7.12 Å². The quantitative estimate of drug-likeness (QED) is 0.679. The molecule has 3 rings (SSSR count). The van der Waals surface area contributed by atoms with E-state index in [4.69, 9.17) is 13.7 Å². The smallest absolute Gasteiger partial charge is 0.530 e. The number of hydrogen-bond donors (Lipinski definition) is 0. The van der Waals surface area contributed by atoms with Gasteiger partial charge < -0.3 is 13.7 Å². The normalized spacial score (nSPS) is 14.4. The lowest BCUT2D eigenvalue weighted by molar-refractivity contribution is 0.233. The Morgan fingerprint density at radius 2 is 2.00 bits per heavy atom. The van der Waals surface area contributed by atoms with E-state index in [9.17, 15) is 0 Å². The number of aryl methyl sites for hydroxylation is 1. The van der Waals surface area contributed by atoms with E-state index in [-0.39, 0.29) is 0 Å². The van der Waals surface area contributed by atoms with Crippen LogP contribution >= 0.6 is 0 Å². The summed E-state index contributed by atoms with van der Waals surface area (Å²) >= 11 is 0. The highest BCUT2D eigenvalue weighted by Gasteiger charge is 2.32. The van der Waals surface area contributed by atoms with Crippen LogP contribution in [0.1, 0.15) is 11.3 Å². The molecular formula is C12H11BO3. The predicted molar refractivity (Wildman–Crippen MR) is 60.7 cm³/mol. The van der Waals surface area contributed by atoms with E-state index in [2.05, 4.69) is 0 Å². The highest BCUT2D eigenvalue weighted by molar-refractivity contribution is 6.60. The third kappa shape index (κ3) is 1.61. The summed E-state index contributed by atoms with van der Waals surface area (Å²) in [5.41, 5.74) is 1.79. The second kappa shape index (κ2) is 3.72. The van der Waals surface area contributed by atoms with Gasteiger partial charge in [0.15, 0.2) is 0 Å². The van der Waals surface area contributed by atoms with Crippen molar-refractivity contribution < 1.29 is 13.7 Å². The van der Waals surface area contributed by atoms with Crippen molar-refractivity contribution in [3.8, 4) is 5.75 Å². The molecule has 0 aliphatic carbocycles. The van der Waals surface area contributed by atoms with Crippen molar-refractivity contribution >= 4 is 12.8 Å². The fourth-order valence-electron chi connectivity index (χ4n) is 1.77. The molecule has 0 unspecified atom stereocenters. The molecule has 16 heavy (non-hydrogen) atoms. The molecule has 1 aromatic carbocycles. The van der Waals surface area contributed by atoms with E-state index in [0.717, 1.165) is 17.1 Å². The van der Waals surface area contributed by atoms with Gasteiger partial charge in [0.25, 0.3) is 0 Å². The molecule has 0 fully saturated rings. The van der Waals surface area contributed by atoms with Crippen molar-refractivity contribution in [2.75, 3.05) is 0 Å². The lowest BCUT2D eigenvalue weighted by Gasteiger charge is -2.22. The molecule has 0 amide bonds. The monoisotopic (exact) mass is 214 g/mol. The summed E-state index contributed by atoms with van der Waals surface area (Å²) < 4.78 is 16.8. The van der Waals surface area contributed by atoms with Gasteiger partial charge in [-0.1, -0.05) is 18.2 Å². The Morgan fingerprint density at radius 3 is 2.81 bits per heavy atom. The molecule has 0 N–H and O–H groups in total. The average molecular weight is 214 g/mol. The first-order valence-electron chi connectivity index (χ1n) is 5.25. The van der Waals surface area contributed by atoms with E-state index in [1.807, 2.05) is 43.3 Å². The van der Waals surface area contributed by atoms with E-state index >= 15 is 0 Å². The molecule has 1 aromatic heterocycles. The molecule has 3 nitrogen and oxygen atoms in total. The summed E-state index contributed by atoms with van der Waals surface area (Å²) in [7, 11) is -0.427. The summed E-state index contributed by atoms with van der Waals surface area (Å²) in [4.78, 5) is 0. The minimum Gasteiger partial charge on any atom is -0.530 e. The number of rotatable bonds is 1. The Morgan fingerprint density at radius 1 is 1.12 bits per heavy atom. The maximum Gasteiger partial charge on any atom is 0.601 e. The summed E-state index contributed by atoms with van der Waals surface area (Å²) in [5, 5.41) is 0. The molecule has 0 saturated heterocycles. The fourth-order valence-corrected chi connectivity index (χ4v) is 1.77. The first kappa shape index (κ1) is 9.54. The van der Waals surface area contributed by atoms with Crippen LogP contribution in [-0.4, -0.2) is 7.12 Å². The maximum atomic E-state index is 5.72. The first-order valence-corrected chi connectivity index (χ1v) is 5.25. The minimum atomic E-state index is -0.427. The van der Waals surface area contributed by atoms with Crippen LogP contribution in [0, 0.1) is 6.92 Å². The third-order valence-corrected chi connectivity index (χ3v) is 2.59. The zero-order valence-corrected chi connectivity index (χ0v) is 8.97. The largest absolute Gasteiger partial charge is 0.601 e. The molecule has 0 spiro atoms. The van der Waals surface area contributed by atoms with Crippen LogP contribution in [-0.2, 0) is 11.3 Å². The first-order chi connectivity index (χ1) is 7.83. The van der Waals surface area contributed by atoms with Crippen LogP contribution in [0.3, 0.4) is 0 Å². The standard InChI is InChI=1S/C12H11BO3/c1-9-6-7-12(15-9)13-14-8-10-4-2-3-5-11(10)16-13/h2-7H,8H2,1H3. The summed E-state index contributed by atoms with van der Waals surface area (Å²) in [6.45, 7) is 2.46. The average Bonchev–Trinajstić information content (AvgIpc) is 2.75. The van der Waals surface area contributed by atoms with E-state index in [1.165, 1.54) is 0 Å². The fraction of sp³-hybridized carbons (Fsp3) is 0.167. The second-order valence-electron chi connectivity index (χ2n) is 3.82. The number of benzene rings is 1. The Hall–Kier alpha value is -1.68.